The number of fused-ring (bicyclic) bond motifs is 1. The molecule has 1 aliphatic heterocycles. The van der Waals surface area contributed by atoms with Gasteiger partial charge in [-0.2, -0.15) is 0 Å². The lowest BCUT2D eigenvalue weighted by Gasteiger charge is -2.14. The Morgan fingerprint density at radius 3 is 2.87 bits per heavy atom. The quantitative estimate of drug-likeness (QED) is 0.377. The van der Waals surface area contributed by atoms with Gasteiger partial charge in [0.1, 0.15) is 10.7 Å². The first-order chi connectivity index (χ1) is 14.3. The smallest absolute Gasteiger partial charge is 0.350 e. The molecule has 30 heavy (non-hydrogen) atoms. The maximum atomic E-state index is 13.4. The fraction of sp³-hybridized carbons (Fsp3) is 0.364. The number of ketones is 1. The molecule has 1 fully saturated rings. The van der Waals surface area contributed by atoms with Gasteiger partial charge in [-0.25, -0.2) is 9.18 Å². The maximum Gasteiger partial charge on any atom is 0.350 e. The molecular formula is C22H21ClFNO4S. The molecule has 0 radical (unpaired) electrons. The van der Waals surface area contributed by atoms with E-state index >= 15 is 0 Å². The molecule has 3 aromatic rings. The Morgan fingerprint density at radius 1 is 1.33 bits per heavy atom. The van der Waals surface area contributed by atoms with Crippen molar-refractivity contribution < 1.29 is 23.5 Å². The Labute approximate surface area is 182 Å². The first-order valence-corrected chi connectivity index (χ1v) is 10.9. The van der Waals surface area contributed by atoms with Crippen LogP contribution in [0.2, 0.25) is 5.02 Å². The van der Waals surface area contributed by atoms with Crippen molar-refractivity contribution in [3.63, 3.8) is 0 Å². The highest BCUT2D eigenvalue weighted by atomic mass is 35.5. The summed E-state index contributed by atoms with van der Waals surface area (Å²) < 4.78 is 27.0. The van der Waals surface area contributed by atoms with E-state index in [2.05, 4.69) is 4.57 Å². The van der Waals surface area contributed by atoms with Crippen molar-refractivity contribution >= 4 is 44.8 Å². The van der Waals surface area contributed by atoms with Gasteiger partial charge in [-0.15, -0.1) is 11.3 Å². The molecule has 1 aliphatic rings. The van der Waals surface area contributed by atoms with Crippen molar-refractivity contribution in [3.05, 3.63) is 56.9 Å². The number of aryl methyl sites for hydroxylation is 1. The van der Waals surface area contributed by atoms with E-state index in [4.69, 9.17) is 21.1 Å². The van der Waals surface area contributed by atoms with Crippen LogP contribution in [0.4, 0.5) is 4.39 Å². The Hall–Kier alpha value is -2.22. The fourth-order valence-electron chi connectivity index (χ4n) is 3.80. The molecule has 158 valence electrons. The van der Waals surface area contributed by atoms with Crippen molar-refractivity contribution in [3.8, 4) is 0 Å². The molecule has 8 heteroatoms. The maximum absolute atomic E-state index is 13.4. The van der Waals surface area contributed by atoms with Crippen LogP contribution in [-0.4, -0.2) is 35.6 Å². The van der Waals surface area contributed by atoms with E-state index in [0.717, 1.165) is 42.2 Å². The van der Waals surface area contributed by atoms with E-state index in [0.29, 0.717) is 22.2 Å². The van der Waals surface area contributed by atoms with Crippen LogP contribution in [-0.2, 0) is 16.0 Å². The molecule has 0 amide bonds. The van der Waals surface area contributed by atoms with Gasteiger partial charge in [-0.05, 0) is 51.0 Å². The first kappa shape index (κ1) is 21.0. The zero-order valence-corrected chi connectivity index (χ0v) is 18.2. The second-order valence-electron chi connectivity index (χ2n) is 7.42. The molecule has 5 nitrogen and oxygen atoms in total. The summed E-state index contributed by atoms with van der Waals surface area (Å²) in [6.07, 6.45) is 2.23. The monoisotopic (exact) mass is 449 g/mol. The summed E-state index contributed by atoms with van der Waals surface area (Å²) in [7, 11) is 0. The van der Waals surface area contributed by atoms with Crippen molar-refractivity contribution in [1.82, 2.24) is 4.57 Å². The van der Waals surface area contributed by atoms with Gasteiger partial charge in [-0.1, -0.05) is 11.6 Å². The molecule has 0 bridgehead atoms. The van der Waals surface area contributed by atoms with E-state index in [1.807, 2.05) is 19.9 Å². The van der Waals surface area contributed by atoms with E-state index in [9.17, 15) is 14.0 Å². The molecule has 0 aliphatic carbocycles. The summed E-state index contributed by atoms with van der Waals surface area (Å²) in [5.41, 5.74) is 2.33. The SMILES string of the molecule is Cc1cc(C(=O)COC(=O)c2sc3cc(F)ccc3c2Cl)c(C)n1C[C@@H]1CCCO1. The van der Waals surface area contributed by atoms with Crippen LogP contribution in [0.15, 0.2) is 24.3 Å². The second-order valence-corrected chi connectivity index (χ2v) is 8.85. The topological polar surface area (TPSA) is 57.5 Å². The Bertz CT molecular complexity index is 1130. The van der Waals surface area contributed by atoms with Gasteiger partial charge in [0.15, 0.2) is 6.61 Å². The molecule has 0 unspecified atom stereocenters. The minimum Gasteiger partial charge on any atom is -0.453 e. The van der Waals surface area contributed by atoms with Gasteiger partial charge in [0.05, 0.1) is 11.1 Å². The number of Topliss-reactive ketones (excluding diaryl/α,β-unsaturated/α-hetero) is 1. The summed E-state index contributed by atoms with van der Waals surface area (Å²) in [6, 6.07) is 5.94. The third kappa shape index (κ3) is 4.02. The van der Waals surface area contributed by atoms with Gasteiger partial charge in [0.25, 0.3) is 0 Å². The number of benzene rings is 1. The number of aromatic nitrogens is 1. The number of nitrogens with zero attached hydrogens (tertiary/aromatic N) is 1. The van der Waals surface area contributed by atoms with Crippen molar-refractivity contribution in [1.29, 1.82) is 0 Å². The van der Waals surface area contributed by atoms with Crippen LogP contribution in [0.1, 0.15) is 44.3 Å². The Kier molecular flexibility index (Phi) is 5.95. The second kappa shape index (κ2) is 8.49. The average molecular weight is 450 g/mol. The summed E-state index contributed by atoms with van der Waals surface area (Å²) in [5, 5.41) is 0.793. The van der Waals surface area contributed by atoms with Crippen LogP contribution < -0.4 is 0 Å². The number of thiophene rings is 1. The van der Waals surface area contributed by atoms with Crippen molar-refractivity contribution in [2.24, 2.45) is 0 Å². The predicted octanol–water partition coefficient (Wildman–Crippen LogP) is 5.33. The van der Waals surface area contributed by atoms with Crippen LogP contribution in [0.25, 0.3) is 10.1 Å². The highest BCUT2D eigenvalue weighted by Crippen LogP contribution is 2.36. The zero-order chi connectivity index (χ0) is 21.4. The number of hydrogen-bond donors (Lipinski definition) is 0. The summed E-state index contributed by atoms with van der Waals surface area (Å²) >= 11 is 7.30. The minimum atomic E-state index is -0.692. The number of esters is 1. The zero-order valence-electron chi connectivity index (χ0n) is 16.7. The standard InChI is InChI=1S/C22H21ClFNO4S/c1-12-8-17(13(2)25(12)10-15-4-3-7-28-15)18(26)11-29-22(27)21-20(23)16-6-5-14(24)9-19(16)30-21/h5-6,8-9,15H,3-4,7,10-11H2,1-2H3/t15-/m0/s1. The van der Waals surface area contributed by atoms with Crippen molar-refractivity contribution in [2.75, 3.05) is 13.2 Å². The molecule has 1 saturated heterocycles. The normalized spacial score (nSPS) is 16.3. The number of rotatable bonds is 6. The molecule has 1 atom stereocenters. The Morgan fingerprint density at radius 2 is 2.13 bits per heavy atom. The van der Waals surface area contributed by atoms with Gasteiger partial charge >= 0.3 is 5.97 Å². The largest absolute Gasteiger partial charge is 0.453 e. The lowest BCUT2D eigenvalue weighted by atomic mass is 10.1. The van der Waals surface area contributed by atoms with Gasteiger partial charge in [0.2, 0.25) is 5.78 Å². The van der Waals surface area contributed by atoms with E-state index in [1.165, 1.54) is 18.2 Å². The van der Waals surface area contributed by atoms with Gasteiger partial charge < -0.3 is 14.0 Å². The molecular weight excluding hydrogens is 429 g/mol. The molecule has 1 aromatic carbocycles. The average Bonchev–Trinajstić information content (AvgIpc) is 3.41. The number of ether oxygens (including phenoxy) is 2. The van der Waals surface area contributed by atoms with Gasteiger partial charge in [-0.3, -0.25) is 4.79 Å². The molecule has 0 saturated carbocycles. The highest BCUT2D eigenvalue weighted by Gasteiger charge is 2.23. The van der Waals surface area contributed by atoms with E-state index in [-0.39, 0.29) is 28.4 Å². The number of hydrogen-bond acceptors (Lipinski definition) is 5. The molecule has 3 heterocycles. The number of carbonyl (C=O) groups excluding carboxylic acids is 2. The van der Waals surface area contributed by atoms with Crippen molar-refractivity contribution in [2.45, 2.75) is 39.3 Å². The van der Waals surface area contributed by atoms with Crippen LogP contribution >= 0.6 is 22.9 Å². The molecule has 2 aromatic heterocycles. The van der Waals surface area contributed by atoms with E-state index < -0.39 is 11.8 Å². The summed E-state index contributed by atoms with van der Waals surface area (Å²) in [6.45, 7) is 4.93. The van der Waals surface area contributed by atoms with E-state index in [1.54, 1.807) is 0 Å². The summed E-state index contributed by atoms with van der Waals surface area (Å²) in [4.78, 5) is 25.3. The lowest BCUT2D eigenvalue weighted by Crippen LogP contribution is -2.18. The molecule has 4 rings (SSSR count). The Balaban J connectivity index is 1.46. The molecule has 0 N–H and O–H groups in total. The fourth-order valence-corrected chi connectivity index (χ4v) is 5.23. The van der Waals surface area contributed by atoms with Crippen LogP contribution in [0.3, 0.4) is 0 Å². The predicted molar refractivity (Wildman–Crippen MR) is 114 cm³/mol. The summed E-state index contributed by atoms with van der Waals surface area (Å²) in [5.74, 6) is -1.38. The first-order valence-electron chi connectivity index (χ1n) is 9.71. The van der Waals surface area contributed by atoms with Gasteiger partial charge in [0, 0.05) is 40.2 Å². The third-order valence-corrected chi connectivity index (χ3v) is 7.03. The lowest BCUT2D eigenvalue weighted by molar-refractivity contribution is 0.0479. The number of halogens is 2. The van der Waals surface area contributed by atoms with Crippen LogP contribution in [0.5, 0.6) is 0 Å². The van der Waals surface area contributed by atoms with Crippen LogP contribution in [0, 0.1) is 19.7 Å². The number of carbonyl (C=O) groups is 2. The third-order valence-electron chi connectivity index (χ3n) is 5.40. The minimum absolute atomic E-state index is 0.161. The molecule has 0 spiro atoms. The highest BCUT2D eigenvalue weighted by molar-refractivity contribution is 7.21.